The molecule has 0 saturated carbocycles. The van der Waals surface area contributed by atoms with Crippen LogP contribution in [0.25, 0.3) is 0 Å². The van der Waals surface area contributed by atoms with E-state index in [9.17, 15) is 19.7 Å². The van der Waals surface area contributed by atoms with Gasteiger partial charge in [-0.2, -0.15) is 0 Å². The number of nitro groups is 1. The number of rotatable bonds is 7. The largest absolute Gasteiger partial charge is 0.322 e. The summed E-state index contributed by atoms with van der Waals surface area (Å²) in [5, 5.41) is 17.7. The highest BCUT2D eigenvalue weighted by molar-refractivity contribution is 7.17. The molecule has 8 nitrogen and oxygen atoms in total. The zero-order valence-electron chi connectivity index (χ0n) is 22.3. The lowest BCUT2D eigenvalue weighted by molar-refractivity contribution is -0.384. The minimum absolute atomic E-state index is 0.0845. The number of nitrogens with zero attached hydrogens (tertiary/aromatic N) is 2. The van der Waals surface area contributed by atoms with Gasteiger partial charge in [0, 0.05) is 28.7 Å². The summed E-state index contributed by atoms with van der Waals surface area (Å²) in [6, 6.07) is 6.35. The van der Waals surface area contributed by atoms with Gasteiger partial charge in [-0.15, -0.1) is 11.3 Å². The molecule has 9 heteroatoms. The Bertz CT molecular complexity index is 1170. The van der Waals surface area contributed by atoms with E-state index < -0.39 is 4.92 Å². The molecule has 200 valence electrons. The van der Waals surface area contributed by atoms with Gasteiger partial charge in [0.25, 0.3) is 11.6 Å². The maximum Gasteiger partial charge on any atom is 0.271 e. The number of fused-ring (bicyclic) bond motifs is 1. The Morgan fingerprint density at radius 1 is 1.19 bits per heavy atom. The van der Waals surface area contributed by atoms with E-state index in [1.54, 1.807) is 12.1 Å². The van der Waals surface area contributed by atoms with Crippen LogP contribution in [0.4, 0.5) is 16.4 Å². The average Bonchev–Trinajstić information content (AvgIpc) is 3.20. The van der Waals surface area contributed by atoms with E-state index in [2.05, 4.69) is 43.2 Å². The first-order valence-electron chi connectivity index (χ1n) is 13.3. The first-order chi connectivity index (χ1) is 17.6. The van der Waals surface area contributed by atoms with Crippen LogP contribution in [-0.2, 0) is 17.6 Å². The predicted molar refractivity (Wildman–Crippen MR) is 148 cm³/mol. The summed E-state index contributed by atoms with van der Waals surface area (Å²) in [4.78, 5) is 40.9. The molecule has 2 heterocycles. The lowest BCUT2D eigenvalue weighted by Gasteiger charge is -2.34. The Morgan fingerprint density at radius 2 is 1.97 bits per heavy atom. The van der Waals surface area contributed by atoms with Crippen LogP contribution in [0.2, 0.25) is 0 Å². The number of nitrogens with one attached hydrogen (secondary N) is 2. The number of carbonyl (C=O) groups excluding carboxylic acids is 2. The van der Waals surface area contributed by atoms with Gasteiger partial charge in [-0.25, -0.2) is 0 Å². The fourth-order valence-electron chi connectivity index (χ4n) is 5.63. The van der Waals surface area contributed by atoms with Crippen molar-refractivity contribution in [2.75, 3.05) is 23.7 Å². The van der Waals surface area contributed by atoms with Crippen LogP contribution < -0.4 is 10.6 Å². The molecule has 0 unspecified atom stereocenters. The summed E-state index contributed by atoms with van der Waals surface area (Å²) >= 11 is 1.51. The van der Waals surface area contributed by atoms with Gasteiger partial charge in [0.1, 0.15) is 5.00 Å². The van der Waals surface area contributed by atoms with Crippen LogP contribution in [-0.4, -0.2) is 40.8 Å². The molecule has 1 aromatic carbocycles. The summed E-state index contributed by atoms with van der Waals surface area (Å²) in [5.74, 6) is 0.0520. The molecule has 2 aromatic rings. The van der Waals surface area contributed by atoms with Crippen molar-refractivity contribution in [3.05, 3.63) is 50.4 Å². The second-order valence-corrected chi connectivity index (χ2v) is 12.5. The van der Waals surface area contributed by atoms with Crippen LogP contribution in [0, 0.1) is 21.4 Å². The van der Waals surface area contributed by atoms with Gasteiger partial charge in [0.15, 0.2) is 0 Å². The number of likely N-dealkylation sites (tertiary alicyclic amines) is 1. The molecular weight excluding hydrogens is 488 g/mol. The first kappa shape index (κ1) is 27.3. The van der Waals surface area contributed by atoms with Crippen molar-refractivity contribution in [1.82, 2.24) is 4.90 Å². The Hall–Kier alpha value is -2.78. The maximum atomic E-state index is 13.6. The molecule has 2 N–H and O–H groups in total. The van der Waals surface area contributed by atoms with Crippen molar-refractivity contribution in [1.29, 1.82) is 0 Å². The number of carbonyl (C=O) groups is 2. The fraction of sp³-hybridized carbons (Fsp3) is 0.571. The van der Waals surface area contributed by atoms with Gasteiger partial charge in [-0.1, -0.05) is 40.2 Å². The number of nitro benzene ring substituents is 1. The zero-order valence-corrected chi connectivity index (χ0v) is 23.1. The summed E-state index contributed by atoms with van der Waals surface area (Å²) in [5.41, 5.74) is 1.92. The molecule has 0 radical (unpaired) electrons. The van der Waals surface area contributed by atoms with E-state index in [0.29, 0.717) is 34.8 Å². The zero-order chi connectivity index (χ0) is 26.7. The summed E-state index contributed by atoms with van der Waals surface area (Å²) in [6.45, 7) is 10.1. The molecular formula is C28H38N4O4S. The molecule has 1 aliphatic heterocycles. The fourth-order valence-corrected chi connectivity index (χ4v) is 6.97. The van der Waals surface area contributed by atoms with E-state index in [1.165, 1.54) is 29.9 Å². The van der Waals surface area contributed by atoms with Gasteiger partial charge >= 0.3 is 0 Å². The van der Waals surface area contributed by atoms with E-state index >= 15 is 0 Å². The normalized spacial score (nSPS) is 20.2. The molecule has 2 aliphatic rings. The third-order valence-corrected chi connectivity index (χ3v) is 9.02. The molecule has 1 saturated heterocycles. The highest BCUT2D eigenvalue weighted by Crippen LogP contribution is 2.44. The smallest absolute Gasteiger partial charge is 0.271 e. The Balaban J connectivity index is 1.60. The second-order valence-electron chi connectivity index (χ2n) is 11.4. The number of anilines is 2. The Kier molecular flexibility index (Phi) is 8.33. The molecule has 1 aliphatic carbocycles. The molecule has 1 fully saturated rings. The maximum absolute atomic E-state index is 13.6. The number of hydrogen-bond donors (Lipinski definition) is 2. The van der Waals surface area contributed by atoms with Crippen molar-refractivity contribution < 1.29 is 14.5 Å². The van der Waals surface area contributed by atoms with E-state index in [0.717, 1.165) is 55.5 Å². The summed E-state index contributed by atoms with van der Waals surface area (Å²) in [6.07, 6.45) is 7.05. The number of thiophene rings is 1. The minimum Gasteiger partial charge on any atom is -0.322 e. The molecule has 1 aromatic heterocycles. The SMILES string of the molecule is CC[C@@H]1CCCCN1CC(=O)Nc1sc2c(c1C(=O)Nc1cccc([N+](=O)[O-])c1)CC[C@H](C(C)(C)C)C2. The van der Waals surface area contributed by atoms with Crippen LogP contribution in [0.5, 0.6) is 0 Å². The van der Waals surface area contributed by atoms with Crippen LogP contribution in [0.1, 0.15) is 80.6 Å². The lowest BCUT2D eigenvalue weighted by Crippen LogP contribution is -2.43. The van der Waals surface area contributed by atoms with Gasteiger partial charge in [-0.05, 0) is 68.0 Å². The van der Waals surface area contributed by atoms with E-state index in [-0.39, 0.29) is 22.9 Å². The lowest BCUT2D eigenvalue weighted by atomic mass is 9.72. The van der Waals surface area contributed by atoms with Gasteiger partial charge in [0.2, 0.25) is 5.91 Å². The number of non-ortho nitro benzene ring substituents is 1. The quantitative estimate of drug-likeness (QED) is 0.327. The monoisotopic (exact) mass is 526 g/mol. The number of hydrogen-bond acceptors (Lipinski definition) is 6. The number of amides is 2. The first-order valence-corrected chi connectivity index (χ1v) is 14.1. The summed E-state index contributed by atoms with van der Waals surface area (Å²) < 4.78 is 0. The Morgan fingerprint density at radius 3 is 2.68 bits per heavy atom. The second kappa shape index (κ2) is 11.3. The van der Waals surface area contributed by atoms with Crippen LogP contribution in [0.3, 0.4) is 0 Å². The average molecular weight is 527 g/mol. The third kappa shape index (κ3) is 6.38. The highest BCUT2D eigenvalue weighted by atomic mass is 32.1. The van der Waals surface area contributed by atoms with Gasteiger partial charge in [0.05, 0.1) is 17.0 Å². The topological polar surface area (TPSA) is 105 Å². The van der Waals surface area contributed by atoms with Crippen molar-refractivity contribution >= 4 is 39.5 Å². The number of piperidine rings is 1. The highest BCUT2D eigenvalue weighted by Gasteiger charge is 2.34. The standard InChI is InChI=1S/C28H38N4O4S/c1-5-20-10-6-7-14-31(20)17-24(33)30-27-25(22-13-12-18(28(2,3)4)15-23(22)37-27)26(34)29-19-9-8-11-21(16-19)32(35)36/h8-9,11,16,18,20H,5-7,10,12-15,17H2,1-4H3,(H,29,34)(H,30,33)/t18-,20+/m0/s1. The van der Waals surface area contributed by atoms with E-state index in [4.69, 9.17) is 0 Å². The van der Waals surface area contributed by atoms with E-state index in [1.807, 2.05) is 0 Å². The van der Waals surface area contributed by atoms with Gasteiger partial charge < -0.3 is 10.6 Å². The van der Waals surface area contributed by atoms with Crippen LogP contribution >= 0.6 is 11.3 Å². The van der Waals surface area contributed by atoms with Crippen molar-refractivity contribution in [2.24, 2.45) is 11.3 Å². The number of benzene rings is 1. The molecule has 0 spiro atoms. The molecule has 37 heavy (non-hydrogen) atoms. The third-order valence-electron chi connectivity index (χ3n) is 7.85. The summed E-state index contributed by atoms with van der Waals surface area (Å²) in [7, 11) is 0. The van der Waals surface area contributed by atoms with Crippen molar-refractivity contribution in [2.45, 2.75) is 78.7 Å². The van der Waals surface area contributed by atoms with Crippen LogP contribution in [0.15, 0.2) is 24.3 Å². The van der Waals surface area contributed by atoms with Crippen molar-refractivity contribution in [3.63, 3.8) is 0 Å². The van der Waals surface area contributed by atoms with Gasteiger partial charge in [-0.3, -0.25) is 24.6 Å². The minimum atomic E-state index is -0.482. The molecule has 2 amide bonds. The molecule has 4 rings (SSSR count). The molecule has 2 atom stereocenters. The predicted octanol–water partition coefficient (Wildman–Crippen LogP) is 6.26. The molecule has 0 bridgehead atoms. The van der Waals surface area contributed by atoms with Crippen molar-refractivity contribution in [3.8, 4) is 0 Å². The Labute approximate surface area is 223 Å².